The van der Waals surface area contributed by atoms with Crippen molar-refractivity contribution in [3.63, 3.8) is 0 Å². The summed E-state index contributed by atoms with van der Waals surface area (Å²) in [4.78, 5) is 0. The molecule has 1 rings (SSSR count). The van der Waals surface area contributed by atoms with Gasteiger partial charge in [-0.3, -0.25) is 0 Å². The summed E-state index contributed by atoms with van der Waals surface area (Å²) in [6.45, 7) is 1.09. The summed E-state index contributed by atoms with van der Waals surface area (Å²) in [6.07, 6.45) is 0. The highest BCUT2D eigenvalue weighted by atomic mass is 79.9. The fraction of sp³-hybridized carbons (Fsp3) is 0.400. The molecule has 0 heterocycles. The largest absolute Gasteiger partial charge is 0.434 e. The van der Waals surface area contributed by atoms with Crippen LogP contribution in [0.1, 0.15) is 25.3 Å². The Labute approximate surface area is 90.2 Å². The van der Waals surface area contributed by atoms with Gasteiger partial charge in [0.05, 0.1) is 0 Å². The highest BCUT2D eigenvalue weighted by Crippen LogP contribution is 2.30. The van der Waals surface area contributed by atoms with Crippen molar-refractivity contribution in [3.8, 4) is 5.75 Å². The van der Waals surface area contributed by atoms with Crippen LogP contribution in [0.5, 0.6) is 5.75 Å². The third-order valence-electron chi connectivity index (χ3n) is 1.81. The second-order valence-electron chi connectivity index (χ2n) is 3.22. The summed E-state index contributed by atoms with van der Waals surface area (Å²) in [7, 11) is 0. The Bertz CT molecular complexity index is 313. The van der Waals surface area contributed by atoms with Crippen LogP contribution in [0.15, 0.2) is 22.7 Å². The number of hydrogen-bond donors (Lipinski definition) is 0. The van der Waals surface area contributed by atoms with Gasteiger partial charge in [-0.1, -0.05) is 35.8 Å². The first-order valence-corrected chi connectivity index (χ1v) is 5.04. The number of alkyl halides is 2. The number of ether oxygens (including phenoxy) is 1. The van der Waals surface area contributed by atoms with Gasteiger partial charge in [-0.25, -0.2) is 0 Å². The summed E-state index contributed by atoms with van der Waals surface area (Å²) >= 11 is 3.21. The molecule has 0 radical (unpaired) electrons. The van der Waals surface area contributed by atoms with Crippen LogP contribution < -0.4 is 4.74 Å². The molecular weight excluding hydrogens is 254 g/mol. The second-order valence-corrected chi connectivity index (χ2v) is 4.13. The molecule has 0 N–H and O–H groups in total. The highest BCUT2D eigenvalue weighted by molar-refractivity contribution is 9.10. The standard InChI is InChI=1S/C10H11BrF2O/c1-6(2)8-4-3-7(11)5-9(8)14-10(12)13/h3-6,10H,1-2H3. The van der Waals surface area contributed by atoms with Crippen molar-refractivity contribution in [2.24, 2.45) is 0 Å². The van der Waals surface area contributed by atoms with Gasteiger partial charge >= 0.3 is 6.61 Å². The van der Waals surface area contributed by atoms with E-state index >= 15 is 0 Å². The zero-order valence-electron chi connectivity index (χ0n) is 7.93. The molecule has 1 aromatic rings. The van der Waals surface area contributed by atoms with E-state index in [-0.39, 0.29) is 11.7 Å². The van der Waals surface area contributed by atoms with Gasteiger partial charge in [0.25, 0.3) is 0 Å². The van der Waals surface area contributed by atoms with Crippen LogP contribution in [0.25, 0.3) is 0 Å². The monoisotopic (exact) mass is 264 g/mol. The summed E-state index contributed by atoms with van der Waals surface area (Å²) in [5.41, 5.74) is 0.786. The lowest BCUT2D eigenvalue weighted by molar-refractivity contribution is -0.0505. The predicted octanol–water partition coefficient (Wildman–Crippen LogP) is 4.17. The maximum Gasteiger partial charge on any atom is 0.387 e. The molecule has 0 spiro atoms. The van der Waals surface area contributed by atoms with Crippen molar-refractivity contribution in [1.82, 2.24) is 0 Å². The molecule has 0 aromatic heterocycles. The smallest absolute Gasteiger partial charge is 0.387 e. The van der Waals surface area contributed by atoms with Crippen molar-refractivity contribution in [2.75, 3.05) is 0 Å². The van der Waals surface area contributed by atoms with Crippen LogP contribution in [-0.2, 0) is 0 Å². The number of hydrogen-bond acceptors (Lipinski definition) is 1. The molecule has 0 unspecified atom stereocenters. The van der Waals surface area contributed by atoms with E-state index in [1.807, 2.05) is 19.9 Å². The van der Waals surface area contributed by atoms with Crippen molar-refractivity contribution in [2.45, 2.75) is 26.4 Å². The van der Waals surface area contributed by atoms with Crippen LogP contribution in [0.4, 0.5) is 8.78 Å². The average Bonchev–Trinajstić information content (AvgIpc) is 2.01. The van der Waals surface area contributed by atoms with Gasteiger partial charge in [0, 0.05) is 4.47 Å². The van der Waals surface area contributed by atoms with Crippen molar-refractivity contribution in [1.29, 1.82) is 0 Å². The van der Waals surface area contributed by atoms with Crippen molar-refractivity contribution < 1.29 is 13.5 Å². The summed E-state index contributed by atoms with van der Waals surface area (Å²) < 4.78 is 29.3. The third kappa shape index (κ3) is 2.94. The Morgan fingerprint density at radius 2 is 1.93 bits per heavy atom. The Morgan fingerprint density at radius 3 is 2.43 bits per heavy atom. The quantitative estimate of drug-likeness (QED) is 0.796. The van der Waals surface area contributed by atoms with Crippen molar-refractivity contribution >= 4 is 15.9 Å². The number of halogens is 3. The molecule has 0 atom stereocenters. The summed E-state index contributed by atoms with van der Waals surface area (Å²) in [5.74, 6) is 0.404. The molecule has 0 aliphatic heterocycles. The molecule has 0 saturated heterocycles. The van der Waals surface area contributed by atoms with Gasteiger partial charge in [-0.15, -0.1) is 0 Å². The van der Waals surface area contributed by atoms with Crippen LogP contribution in [0, 0.1) is 0 Å². The maximum atomic E-state index is 12.1. The second kappa shape index (κ2) is 4.73. The lowest BCUT2D eigenvalue weighted by atomic mass is 10.0. The first-order valence-electron chi connectivity index (χ1n) is 4.25. The molecule has 0 aliphatic rings. The van der Waals surface area contributed by atoms with E-state index in [4.69, 9.17) is 0 Å². The molecule has 78 valence electrons. The zero-order chi connectivity index (χ0) is 10.7. The summed E-state index contributed by atoms with van der Waals surface area (Å²) in [6, 6.07) is 5.15. The molecule has 14 heavy (non-hydrogen) atoms. The number of rotatable bonds is 3. The van der Waals surface area contributed by atoms with Gasteiger partial charge < -0.3 is 4.74 Å². The average molecular weight is 265 g/mol. The van der Waals surface area contributed by atoms with Gasteiger partial charge in [0.2, 0.25) is 0 Å². The van der Waals surface area contributed by atoms with Crippen LogP contribution in [0.3, 0.4) is 0 Å². The highest BCUT2D eigenvalue weighted by Gasteiger charge is 2.12. The molecule has 1 aromatic carbocycles. The van der Waals surface area contributed by atoms with E-state index in [9.17, 15) is 8.78 Å². The van der Waals surface area contributed by atoms with Crippen LogP contribution >= 0.6 is 15.9 Å². The first kappa shape index (κ1) is 11.4. The van der Waals surface area contributed by atoms with Crippen LogP contribution in [0.2, 0.25) is 0 Å². The first-order chi connectivity index (χ1) is 6.50. The van der Waals surface area contributed by atoms with E-state index in [0.717, 1.165) is 10.0 Å². The van der Waals surface area contributed by atoms with Gasteiger partial charge in [0.1, 0.15) is 5.75 Å². The fourth-order valence-corrected chi connectivity index (χ4v) is 1.52. The fourth-order valence-electron chi connectivity index (χ4n) is 1.18. The molecular formula is C10H11BrF2O. The minimum atomic E-state index is -2.78. The van der Waals surface area contributed by atoms with E-state index in [1.54, 1.807) is 12.1 Å². The zero-order valence-corrected chi connectivity index (χ0v) is 9.51. The molecule has 0 fully saturated rings. The van der Waals surface area contributed by atoms with E-state index in [1.165, 1.54) is 0 Å². The lowest BCUT2D eigenvalue weighted by Crippen LogP contribution is -2.05. The normalized spacial score (nSPS) is 11.1. The minimum absolute atomic E-state index is 0.164. The Hall–Kier alpha value is -0.640. The molecule has 0 bridgehead atoms. The van der Waals surface area contributed by atoms with E-state index in [0.29, 0.717) is 0 Å². The molecule has 0 aliphatic carbocycles. The third-order valence-corrected chi connectivity index (χ3v) is 2.31. The minimum Gasteiger partial charge on any atom is -0.434 e. The van der Waals surface area contributed by atoms with E-state index in [2.05, 4.69) is 20.7 Å². The maximum absolute atomic E-state index is 12.1. The predicted molar refractivity (Wildman–Crippen MR) is 54.9 cm³/mol. The lowest BCUT2D eigenvalue weighted by Gasteiger charge is -2.13. The Kier molecular flexibility index (Phi) is 3.86. The molecule has 4 heteroatoms. The number of benzene rings is 1. The van der Waals surface area contributed by atoms with Gasteiger partial charge in [-0.2, -0.15) is 8.78 Å². The van der Waals surface area contributed by atoms with E-state index < -0.39 is 6.61 Å². The van der Waals surface area contributed by atoms with Crippen molar-refractivity contribution in [3.05, 3.63) is 28.2 Å². The van der Waals surface area contributed by atoms with Gasteiger partial charge in [0.15, 0.2) is 0 Å². The van der Waals surface area contributed by atoms with Crippen LogP contribution in [-0.4, -0.2) is 6.61 Å². The SMILES string of the molecule is CC(C)c1ccc(Br)cc1OC(F)F. The molecule has 0 saturated carbocycles. The molecule has 0 amide bonds. The Morgan fingerprint density at radius 1 is 1.29 bits per heavy atom. The molecule has 1 nitrogen and oxygen atoms in total. The topological polar surface area (TPSA) is 9.23 Å². The van der Waals surface area contributed by atoms with Gasteiger partial charge in [-0.05, 0) is 23.6 Å². The summed E-state index contributed by atoms with van der Waals surface area (Å²) in [5, 5.41) is 0. The Balaban J connectivity index is 3.03.